The molecule has 1 unspecified atom stereocenters. The van der Waals surface area contributed by atoms with Crippen molar-refractivity contribution in [3.8, 4) is 0 Å². The van der Waals surface area contributed by atoms with Gasteiger partial charge in [0, 0.05) is 19.8 Å². The maximum Gasteiger partial charge on any atom is 0.177 e. The molecule has 3 nitrogen and oxygen atoms in total. The highest BCUT2D eigenvalue weighted by Gasteiger charge is 2.26. The van der Waals surface area contributed by atoms with Crippen LogP contribution < -0.4 is 0 Å². The Kier molecular flexibility index (Phi) is 11.8. The molecule has 1 rings (SSSR count). The van der Waals surface area contributed by atoms with E-state index in [-0.39, 0.29) is 17.8 Å². The van der Waals surface area contributed by atoms with Crippen LogP contribution in [-0.2, 0) is 14.2 Å². The lowest BCUT2D eigenvalue weighted by Crippen LogP contribution is -2.19. The highest BCUT2D eigenvalue weighted by atomic mass is 16.7. The van der Waals surface area contributed by atoms with Gasteiger partial charge in [-0.3, -0.25) is 0 Å². The maximum atomic E-state index is 5.99. The van der Waals surface area contributed by atoms with Crippen molar-refractivity contribution < 1.29 is 14.2 Å². The molecule has 0 saturated carbocycles. The molecule has 29 heavy (non-hydrogen) atoms. The molecular weight excluding hydrogens is 360 g/mol. The predicted octanol–water partition coefficient (Wildman–Crippen LogP) is 7.16. The van der Waals surface area contributed by atoms with Crippen LogP contribution in [0.1, 0.15) is 81.1 Å². The standard InChI is InChI=1S/C26H44O3/c1-9-27-23(18-21(5)19-25(28-10-2)29-11-3)17-20(4)14-15-24-22(6)13-12-16-26(24,7)8/h14-15,17,19,23,25H,9-13,16,18H2,1-8H3/b15-14+,20-17+,21-19+. The fraction of sp³-hybridized carbons (Fsp3) is 0.692. The second kappa shape index (κ2) is 13.2. The van der Waals surface area contributed by atoms with E-state index < -0.39 is 0 Å². The third kappa shape index (κ3) is 9.46. The first-order chi connectivity index (χ1) is 13.7. The van der Waals surface area contributed by atoms with E-state index in [2.05, 4.69) is 58.9 Å². The van der Waals surface area contributed by atoms with Crippen LogP contribution in [0.15, 0.2) is 46.6 Å². The van der Waals surface area contributed by atoms with E-state index in [0.717, 1.165) is 6.42 Å². The summed E-state index contributed by atoms with van der Waals surface area (Å²) < 4.78 is 17.3. The molecule has 1 atom stereocenters. The number of allylic oxidation sites excluding steroid dienone is 5. The average Bonchev–Trinajstić information content (AvgIpc) is 2.61. The second-order valence-corrected chi connectivity index (χ2v) is 8.67. The fourth-order valence-electron chi connectivity index (χ4n) is 4.04. The van der Waals surface area contributed by atoms with Gasteiger partial charge in [0.05, 0.1) is 6.10 Å². The summed E-state index contributed by atoms with van der Waals surface area (Å²) in [6, 6.07) is 0. The van der Waals surface area contributed by atoms with Gasteiger partial charge in [-0.15, -0.1) is 0 Å². The van der Waals surface area contributed by atoms with Crippen molar-refractivity contribution in [2.45, 2.75) is 93.5 Å². The SMILES string of the molecule is CCOC(/C=C(C)/C=C/C1=C(C)CCCC1(C)C)C/C(C)=C/C(OCC)OCC. The van der Waals surface area contributed by atoms with E-state index in [1.165, 1.54) is 41.6 Å². The molecule has 0 aromatic heterocycles. The zero-order valence-electron chi connectivity index (χ0n) is 20.1. The lowest BCUT2D eigenvalue weighted by Gasteiger charge is -2.33. The summed E-state index contributed by atoms with van der Waals surface area (Å²) in [5.74, 6) is 0. The highest BCUT2D eigenvalue weighted by molar-refractivity contribution is 5.36. The molecule has 0 radical (unpaired) electrons. The summed E-state index contributed by atoms with van der Waals surface area (Å²) in [4.78, 5) is 0. The summed E-state index contributed by atoms with van der Waals surface area (Å²) in [6.07, 6.45) is 13.3. The topological polar surface area (TPSA) is 27.7 Å². The molecule has 0 aromatic carbocycles. The number of hydrogen-bond donors (Lipinski definition) is 0. The van der Waals surface area contributed by atoms with Crippen LogP contribution in [-0.4, -0.2) is 32.2 Å². The molecule has 0 aromatic rings. The lowest BCUT2D eigenvalue weighted by molar-refractivity contribution is -0.104. The van der Waals surface area contributed by atoms with Crippen LogP contribution in [0.5, 0.6) is 0 Å². The van der Waals surface area contributed by atoms with Crippen molar-refractivity contribution in [3.63, 3.8) is 0 Å². The maximum absolute atomic E-state index is 5.99. The van der Waals surface area contributed by atoms with Gasteiger partial charge in [0.15, 0.2) is 6.29 Å². The molecule has 0 bridgehead atoms. The molecule has 0 N–H and O–H groups in total. The Balaban J connectivity index is 2.88. The molecule has 0 amide bonds. The van der Waals surface area contributed by atoms with E-state index in [9.17, 15) is 0 Å². The van der Waals surface area contributed by atoms with E-state index in [1.54, 1.807) is 0 Å². The number of hydrogen-bond acceptors (Lipinski definition) is 3. The zero-order chi connectivity index (χ0) is 21.9. The number of rotatable bonds is 12. The van der Waals surface area contributed by atoms with Crippen LogP contribution >= 0.6 is 0 Å². The second-order valence-electron chi connectivity index (χ2n) is 8.67. The lowest BCUT2D eigenvalue weighted by atomic mass is 9.72. The third-order valence-corrected chi connectivity index (χ3v) is 5.49. The van der Waals surface area contributed by atoms with Gasteiger partial charge in [-0.1, -0.05) is 48.8 Å². The van der Waals surface area contributed by atoms with Crippen molar-refractivity contribution in [2.75, 3.05) is 19.8 Å². The summed E-state index contributed by atoms with van der Waals surface area (Å²) in [5, 5.41) is 0. The molecule has 0 spiro atoms. The van der Waals surface area contributed by atoms with Gasteiger partial charge in [0.25, 0.3) is 0 Å². The van der Waals surface area contributed by atoms with Crippen molar-refractivity contribution in [2.24, 2.45) is 5.41 Å². The average molecular weight is 405 g/mol. The van der Waals surface area contributed by atoms with Crippen molar-refractivity contribution in [1.29, 1.82) is 0 Å². The van der Waals surface area contributed by atoms with Crippen molar-refractivity contribution >= 4 is 0 Å². The Morgan fingerprint density at radius 1 is 1.00 bits per heavy atom. The Bertz CT molecular complexity index is 601. The smallest absolute Gasteiger partial charge is 0.177 e. The van der Waals surface area contributed by atoms with E-state index in [1.807, 2.05) is 20.8 Å². The summed E-state index contributed by atoms with van der Waals surface area (Å²) >= 11 is 0. The minimum Gasteiger partial charge on any atom is -0.374 e. The van der Waals surface area contributed by atoms with Crippen LogP contribution in [0.2, 0.25) is 0 Å². The van der Waals surface area contributed by atoms with Crippen LogP contribution in [0, 0.1) is 5.41 Å². The summed E-state index contributed by atoms with van der Waals surface area (Å²) in [6.45, 7) is 19.3. The van der Waals surface area contributed by atoms with E-state index in [0.29, 0.717) is 19.8 Å². The first kappa shape index (κ1) is 25.9. The van der Waals surface area contributed by atoms with Gasteiger partial charge in [0.1, 0.15) is 0 Å². The zero-order valence-corrected chi connectivity index (χ0v) is 20.1. The molecule has 0 heterocycles. The molecule has 0 fully saturated rings. The molecular formula is C26H44O3. The Morgan fingerprint density at radius 2 is 1.62 bits per heavy atom. The number of ether oxygens (including phenoxy) is 3. The van der Waals surface area contributed by atoms with Gasteiger partial charge >= 0.3 is 0 Å². The Labute approximate surface area is 179 Å². The minimum absolute atomic E-state index is 0.0549. The minimum atomic E-state index is -0.277. The first-order valence-electron chi connectivity index (χ1n) is 11.3. The highest BCUT2D eigenvalue weighted by Crippen LogP contribution is 2.40. The van der Waals surface area contributed by atoms with Gasteiger partial charge in [-0.05, 0) is 84.3 Å². The largest absolute Gasteiger partial charge is 0.374 e. The van der Waals surface area contributed by atoms with Gasteiger partial charge in [-0.25, -0.2) is 0 Å². The molecule has 166 valence electrons. The molecule has 0 saturated heterocycles. The van der Waals surface area contributed by atoms with Crippen LogP contribution in [0.4, 0.5) is 0 Å². The van der Waals surface area contributed by atoms with Crippen molar-refractivity contribution in [1.82, 2.24) is 0 Å². The third-order valence-electron chi connectivity index (χ3n) is 5.49. The Hall–Kier alpha value is -1.16. The molecule has 1 aliphatic rings. The first-order valence-corrected chi connectivity index (χ1v) is 11.3. The fourth-order valence-corrected chi connectivity index (χ4v) is 4.04. The summed E-state index contributed by atoms with van der Waals surface area (Å²) in [5.41, 5.74) is 5.75. The van der Waals surface area contributed by atoms with Gasteiger partial charge in [0.2, 0.25) is 0 Å². The van der Waals surface area contributed by atoms with E-state index in [4.69, 9.17) is 14.2 Å². The monoisotopic (exact) mass is 404 g/mol. The molecule has 3 heteroatoms. The van der Waals surface area contributed by atoms with Crippen LogP contribution in [0.25, 0.3) is 0 Å². The summed E-state index contributed by atoms with van der Waals surface area (Å²) in [7, 11) is 0. The Morgan fingerprint density at radius 3 is 2.17 bits per heavy atom. The molecule has 0 aliphatic heterocycles. The molecule has 1 aliphatic carbocycles. The van der Waals surface area contributed by atoms with Crippen molar-refractivity contribution in [3.05, 3.63) is 46.6 Å². The van der Waals surface area contributed by atoms with Crippen LogP contribution in [0.3, 0.4) is 0 Å². The van der Waals surface area contributed by atoms with E-state index >= 15 is 0 Å². The predicted molar refractivity (Wildman–Crippen MR) is 124 cm³/mol. The quantitative estimate of drug-likeness (QED) is 0.196. The van der Waals surface area contributed by atoms with Gasteiger partial charge in [-0.2, -0.15) is 0 Å². The van der Waals surface area contributed by atoms with Gasteiger partial charge < -0.3 is 14.2 Å². The normalized spacial score (nSPS) is 19.5.